The Hall–Kier alpha value is -2.05. The first kappa shape index (κ1) is 16.4. The van der Waals surface area contributed by atoms with Crippen LogP contribution in [0.2, 0.25) is 0 Å². The summed E-state index contributed by atoms with van der Waals surface area (Å²) in [6.45, 7) is 4.78. The molecular formula is C19H24FN5. The fraction of sp³-hybridized carbons (Fsp3) is 0.474. The Kier molecular flexibility index (Phi) is 4.63. The van der Waals surface area contributed by atoms with Gasteiger partial charge >= 0.3 is 0 Å². The Morgan fingerprint density at radius 1 is 1.16 bits per heavy atom. The van der Waals surface area contributed by atoms with E-state index in [2.05, 4.69) is 32.1 Å². The number of rotatable bonds is 4. The van der Waals surface area contributed by atoms with E-state index in [0.717, 1.165) is 62.6 Å². The van der Waals surface area contributed by atoms with Gasteiger partial charge in [-0.25, -0.2) is 14.4 Å². The number of aromatic nitrogens is 2. The maximum Gasteiger partial charge on any atom is 0.225 e. The molecule has 0 amide bonds. The Labute approximate surface area is 147 Å². The van der Waals surface area contributed by atoms with E-state index in [-0.39, 0.29) is 11.9 Å². The van der Waals surface area contributed by atoms with E-state index in [1.807, 2.05) is 18.5 Å². The first-order valence-corrected chi connectivity index (χ1v) is 8.95. The lowest BCUT2D eigenvalue weighted by molar-refractivity contribution is 0.311. The first-order chi connectivity index (χ1) is 12.2. The van der Waals surface area contributed by atoms with Crippen molar-refractivity contribution < 1.29 is 4.39 Å². The maximum atomic E-state index is 13.3. The van der Waals surface area contributed by atoms with Gasteiger partial charge in [-0.1, -0.05) is 6.07 Å². The van der Waals surface area contributed by atoms with E-state index in [1.165, 1.54) is 5.56 Å². The van der Waals surface area contributed by atoms with Crippen LogP contribution in [0.5, 0.6) is 0 Å². The molecule has 1 saturated heterocycles. The van der Waals surface area contributed by atoms with Crippen molar-refractivity contribution in [3.05, 3.63) is 53.1 Å². The summed E-state index contributed by atoms with van der Waals surface area (Å²) in [4.78, 5) is 13.6. The zero-order valence-corrected chi connectivity index (χ0v) is 14.6. The third kappa shape index (κ3) is 3.65. The molecule has 5 nitrogen and oxygen atoms in total. The largest absolute Gasteiger partial charge is 0.338 e. The second-order valence-electron chi connectivity index (χ2n) is 7.00. The van der Waals surface area contributed by atoms with Crippen molar-refractivity contribution in [3.8, 4) is 0 Å². The molecule has 1 aromatic carbocycles. The van der Waals surface area contributed by atoms with Crippen LogP contribution in [0.15, 0.2) is 30.6 Å². The molecule has 0 spiro atoms. The lowest BCUT2D eigenvalue weighted by Crippen LogP contribution is -2.45. The number of hydrogen-bond acceptors (Lipinski definition) is 5. The van der Waals surface area contributed by atoms with Crippen molar-refractivity contribution in [2.75, 3.05) is 38.1 Å². The van der Waals surface area contributed by atoms with Crippen molar-refractivity contribution in [1.29, 1.82) is 0 Å². The number of nitrogens with zero attached hydrogens (tertiary/aromatic N) is 4. The van der Waals surface area contributed by atoms with E-state index < -0.39 is 0 Å². The summed E-state index contributed by atoms with van der Waals surface area (Å²) in [5, 5.41) is 3.56. The molecule has 0 bridgehead atoms. The zero-order valence-electron chi connectivity index (χ0n) is 14.6. The highest BCUT2D eigenvalue weighted by Crippen LogP contribution is 2.31. The molecule has 1 aliphatic carbocycles. The van der Waals surface area contributed by atoms with Gasteiger partial charge in [0.2, 0.25) is 5.95 Å². The highest BCUT2D eigenvalue weighted by atomic mass is 19.1. The van der Waals surface area contributed by atoms with E-state index >= 15 is 0 Å². The molecule has 1 aromatic heterocycles. The number of halogens is 1. The molecule has 1 atom stereocenters. The molecule has 25 heavy (non-hydrogen) atoms. The Morgan fingerprint density at radius 2 is 1.92 bits per heavy atom. The van der Waals surface area contributed by atoms with Crippen LogP contribution < -0.4 is 10.2 Å². The predicted molar refractivity (Wildman–Crippen MR) is 96.0 cm³/mol. The van der Waals surface area contributed by atoms with Crippen LogP contribution >= 0.6 is 0 Å². The maximum absolute atomic E-state index is 13.3. The summed E-state index contributed by atoms with van der Waals surface area (Å²) >= 11 is 0. The molecule has 1 aliphatic heterocycles. The quantitative estimate of drug-likeness (QED) is 0.923. The van der Waals surface area contributed by atoms with Crippen molar-refractivity contribution in [3.63, 3.8) is 0 Å². The molecule has 4 rings (SSSR count). The summed E-state index contributed by atoms with van der Waals surface area (Å²) in [7, 11) is 2.14. The molecule has 1 fully saturated rings. The van der Waals surface area contributed by atoms with Gasteiger partial charge in [-0.05, 0) is 43.1 Å². The molecule has 2 aliphatic rings. The second-order valence-corrected chi connectivity index (χ2v) is 7.00. The van der Waals surface area contributed by atoms with Gasteiger partial charge in [-0.2, -0.15) is 0 Å². The first-order valence-electron chi connectivity index (χ1n) is 8.95. The van der Waals surface area contributed by atoms with E-state index in [4.69, 9.17) is 0 Å². The van der Waals surface area contributed by atoms with Crippen molar-refractivity contribution in [1.82, 2.24) is 20.2 Å². The smallest absolute Gasteiger partial charge is 0.225 e. The lowest BCUT2D eigenvalue weighted by Gasteiger charge is -2.32. The van der Waals surface area contributed by atoms with Gasteiger partial charge in [0.05, 0.1) is 0 Å². The standard InChI is InChI=1S/C19H24FN5/c1-24-6-8-25(9-7-24)19-22-12-14(13-23-19)11-21-18-5-2-15-10-16(20)3-4-17(15)18/h3-4,10,12-13,18,21H,2,5-9,11H2,1H3. The molecule has 0 saturated carbocycles. The monoisotopic (exact) mass is 341 g/mol. The number of piperazine rings is 1. The molecule has 0 radical (unpaired) electrons. The van der Waals surface area contributed by atoms with Crippen LogP contribution in [0.3, 0.4) is 0 Å². The molecule has 132 valence electrons. The van der Waals surface area contributed by atoms with Crippen LogP contribution in [-0.2, 0) is 13.0 Å². The second kappa shape index (κ2) is 7.06. The van der Waals surface area contributed by atoms with Gasteiger partial charge < -0.3 is 15.1 Å². The van der Waals surface area contributed by atoms with Gasteiger partial charge in [0.25, 0.3) is 0 Å². The van der Waals surface area contributed by atoms with Crippen LogP contribution in [0.25, 0.3) is 0 Å². The minimum atomic E-state index is -0.146. The van der Waals surface area contributed by atoms with E-state index in [9.17, 15) is 4.39 Å². The van der Waals surface area contributed by atoms with Gasteiger partial charge in [0.15, 0.2) is 0 Å². The van der Waals surface area contributed by atoms with Crippen LogP contribution in [0.4, 0.5) is 10.3 Å². The number of anilines is 1. The summed E-state index contributed by atoms with van der Waals surface area (Å²) in [6.07, 6.45) is 5.77. The van der Waals surface area contributed by atoms with E-state index in [0.29, 0.717) is 0 Å². The average molecular weight is 341 g/mol. The summed E-state index contributed by atoms with van der Waals surface area (Å²) in [6, 6.07) is 5.40. The summed E-state index contributed by atoms with van der Waals surface area (Å²) < 4.78 is 13.3. The third-order valence-corrected chi connectivity index (χ3v) is 5.21. The normalized spacial score (nSPS) is 20.7. The number of hydrogen-bond donors (Lipinski definition) is 1. The number of fused-ring (bicyclic) bond motifs is 1. The molecule has 1 N–H and O–H groups in total. The zero-order chi connectivity index (χ0) is 17.2. The van der Waals surface area contributed by atoms with E-state index in [1.54, 1.807) is 12.1 Å². The minimum Gasteiger partial charge on any atom is -0.338 e. The highest BCUT2D eigenvalue weighted by Gasteiger charge is 2.22. The fourth-order valence-corrected chi connectivity index (χ4v) is 3.65. The van der Waals surface area contributed by atoms with Crippen molar-refractivity contribution in [2.24, 2.45) is 0 Å². The Balaban J connectivity index is 1.35. The fourth-order valence-electron chi connectivity index (χ4n) is 3.65. The molecular weight excluding hydrogens is 317 g/mol. The van der Waals surface area contributed by atoms with Crippen LogP contribution in [-0.4, -0.2) is 48.1 Å². The molecule has 1 unspecified atom stereocenters. The highest BCUT2D eigenvalue weighted by molar-refractivity contribution is 5.35. The van der Waals surface area contributed by atoms with Gasteiger partial charge in [-0.15, -0.1) is 0 Å². The van der Waals surface area contributed by atoms with Crippen molar-refractivity contribution in [2.45, 2.75) is 25.4 Å². The van der Waals surface area contributed by atoms with Gasteiger partial charge in [0.1, 0.15) is 5.82 Å². The molecule has 6 heteroatoms. The van der Waals surface area contributed by atoms with Gasteiger partial charge in [-0.3, -0.25) is 0 Å². The lowest BCUT2D eigenvalue weighted by atomic mass is 10.1. The Bertz CT molecular complexity index is 725. The minimum absolute atomic E-state index is 0.146. The number of benzene rings is 1. The van der Waals surface area contributed by atoms with Crippen LogP contribution in [0, 0.1) is 5.82 Å². The van der Waals surface area contributed by atoms with Crippen molar-refractivity contribution >= 4 is 5.95 Å². The number of aryl methyl sites for hydroxylation is 1. The molecule has 2 aromatic rings. The summed E-state index contributed by atoms with van der Waals surface area (Å²) in [5.41, 5.74) is 3.42. The Morgan fingerprint density at radius 3 is 2.68 bits per heavy atom. The van der Waals surface area contributed by atoms with Crippen LogP contribution in [0.1, 0.15) is 29.2 Å². The number of nitrogens with one attached hydrogen (secondary N) is 1. The van der Waals surface area contributed by atoms with Gasteiger partial charge in [0, 0.05) is 56.7 Å². The number of likely N-dealkylation sites (N-methyl/N-ethyl adjacent to an activating group) is 1. The topological polar surface area (TPSA) is 44.3 Å². The third-order valence-electron chi connectivity index (χ3n) is 5.21. The summed E-state index contributed by atoms with van der Waals surface area (Å²) in [5.74, 6) is 0.672. The SMILES string of the molecule is CN1CCN(c2ncc(CNC3CCc4cc(F)ccc43)cn2)CC1. The predicted octanol–water partition coefficient (Wildman–Crippen LogP) is 2.14. The molecule has 2 heterocycles. The average Bonchev–Trinajstić information content (AvgIpc) is 3.03.